The number of rotatable bonds is 5. The van der Waals surface area contributed by atoms with E-state index in [1.54, 1.807) is 25.7 Å². The molecule has 0 spiro atoms. The van der Waals surface area contributed by atoms with Gasteiger partial charge in [0.1, 0.15) is 17.9 Å². The van der Waals surface area contributed by atoms with Crippen molar-refractivity contribution in [1.29, 1.82) is 0 Å². The third-order valence-electron chi connectivity index (χ3n) is 4.28. The maximum absolute atomic E-state index is 12.4. The third kappa shape index (κ3) is 3.72. The van der Waals surface area contributed by atoms with Gasteiger partial charge in [-0.05, 0) is 33.6 Å². The van der Waals surface area contributed by atoms with Crippen LogP contribution in [-0.4, -0.2) is 51.2 Å². The molecule has 1 aromatic heterocycles. The molecule has 0 saturated carbocycles. The first-order valence-corrected chi connectivity index (χ1v) is 7.98. The molecule has 0 radical (unpaired) electrons. The summed E-state index contributed by atoms with van der Waals surface area (Å²) in [5.41, 5.74) is 0.613. The summed E-state index contributed by atoms with van der Waals surface area (Å²) in [5.74, 6) is -0.527. The number of likely N-dealkylation sites (tertiary alicyclic amines) is 1. The van der Waals surface area contributed by atoms with Gasteiger partial charge in [0.25, 0.3) is 0 Å². The Morgan fingerprint density at radius 1 is 1.33 bits per heavy atom. The number of aromatic nitrogens is 2. The summed E-state index contributed by atoms with van der Waals surface area (Å²) in [6.45, 7) is 6.17. The maximum atomic E-state index is 12.4. The minimum Gasteiger partial charge on any atom is -0.466 e. The van der Waals surface area contributed by atoms with E-state index in [4.69, 9.17) is 4.74 Å². The fraction of sp³-hybridized carbons (Fsp3) is 0.667. The fourth-order valence-corrected chi connectivity index (χ4v) is 2.96. The van der Waals surface area contributed by atoms with E-state index < -0.39 is 4.92 Å². The minimum absolute atomic E-state index is 0.0371. The SMILES string of the molecule is CCOC(=O)C1CCN(C(=O)Cn2nc(C)c([N+](=O)[O-])c2C)CC1. The number of nitro groups is 1. The van der Waals surface area contributed by atoms with Gasteiger partial charge >= 0.3 is 11.7 Å². The van der Waals surface area contributed by atoms with Crippen LogP contribution in [0.3, 0.4) is 0 Å². The van der Waals surface area contributed by atoms with E-state index in [0.717, 1.165) is 0 Å². The molecule has 1 aliphatic heterocycles. The standard InChI is InChI=1S/C15H22N4O5/c1-4-24-15(21)12-5-7-17(8-6-12)13(20)9-18-11(3)14(19(22)23)10(2)16-18/h12H,4-9H2,1-3H3. The molecule has 1 fully saturated rings. The van der Waals surface area contributed by atoms with Crippen molar-refractivity contribution in [3.05, 3.63) is 21.5 Å². The highest BCUT2D eigenvalue weighted by Crippen LogP contribution is 2.23. The molecular formula is C15H22N4O5. The highest BCUT2D eigenvalue weighted by Gasteiger charge is 2.29. The van der Waals surface area contributed by atoms with Crippen molar-refractivity contribution < 1.29 is 19.2 Å². The molecule has 0 aromatic carbocycles. The van der Waals surface area contributed by atoms with Gasteiger partial charge in [0.05, 0.1) is 17.4 Å². The van der Waals surface area contributed by atoms with Crippen LogP contribution in [0, 0.1) is 29.9 Å². The monoisotopic (exact) mass is 338 g/mol. The number of aryl methyl sites for hydroxylation is 1. The van der Waals surface area contributed by atoms with Crippen LogP contribution in [0.5, 0.6) is 0 Å². The van der Waals surface area contributed by atoms with Gasteiger partial charge in [-0.1, -0.05) is 0 Å². The zero-order valence-corrected chi connectivity index (χ0v) is 14.2. The molecule has 1 aromatic rings. The lowest BCUT2D eigenvalue weighted by Gasteiger charge is -2.30. The highest BCUT2D eigenvalue weighted by atomic mass is 16.6. The van der Waals surface area contributed by atoms with E-state index in [1.165, 1.54) is 4.68 Å². The number of amides is 1. The van der Waals surface area contributed by atoms with Crippen molar-refractivity contribution in [2.24, 2.45) is 5.92 Å². The minimum atomic E-state index is -0.483. The fourth-order valence-electron chi connectivity index (χ4n) is 2.96. The molecule has 0 bridgehead atoms. The number of carbonyl (C=O) groups excluding carboxylic acids is 2. The van der Waals surface area contributed by atoms with Crippen molar-refractivity contribution in [3.8, 4) is 0 Å². The Hall–Kier alpha value is -2.45. The highest BCUT2D eigenvalue weighted by molar-refractivity contribution is 5.77. The van der Waals surface area contributed by atoms with Crippen LogP contribution < -0.4 is 0 Å². The topological polar surface area (TPSA) is 108 Å². The van der Waals surface area contributed by atoms with E-state index in [1.807, 2.05) is 0 Å². The van der Waals surface area contributed by atoms with Crippen molar-refractivity contribution >= 4 is 17.6 Å². The third-order valence-corrected chi connectivity index (χ3v) is 4.28. The van der Waals surface area contributed by atoms with Crippen molar-refractivity contribution in [3.63, 3.8) is 0 Å². The summed E-state index contributed by atoms with van der Waals surface area (Å²) in [6.07, 6.45) is 1.14. The molecule has 24 heavy (non-hydrogen) atoms. The summed E-state index contributed by atoms with van der Waals surface area (Å²) in [5, 5.41) is 15.1. The Morgan fingerprint density at radius 3 is 2.46 bits per heavy atom. The lowest BCUT2D eigenvalue weighted by Crippen LogP contribution is -2.42. The van der Waals surface area contributed by atoms with Gasteiger partial charge in [-0.2, -0.15) is 5.10 Å². The Labute approximate surface area is 139 Å². The van der Waals surface area contributed by atoms with E-state index in [0.29, 0.717) is 43.9 Å². The summed E-state index contributed by atoms with van der Waals surface area (Å²) >= 11 is 0. The smallest absolute Gasteiger partial charge is 0.312 e. The van der Waals surface area contributed by atoms with Gasteiger partial charge in [-0.15, -0.1) is 0 Å². The van der Waals surface area contributed by atoms with E-state index in [2.05, 4.69) is 5.10 Å². The number of nitrogens with zero attached hydrogens (tertiary/aromatic N) is 4. The van der Waals surface area contributed by atoms with E-state index >= 15 is 0 Å². The second kappa shape index (κ2) is 7.41. The number of carbonyl (C=O) groups is 2. The number of ether oxygens (including phenoxy) is 1. The average molecular weight is 338 g/mol. The molecule has 132 valence electrons. The van der Waals surface area contributed by atoms with Crippen molar-refractivity contribution in [1.82, 2.24) is 14.7 Å². The zero-order valence-electron chi connectivity index (χ0n) is 14.2. The second-order valence-corrected chi connectivity index (χ2v) is 5.84. The molecule has 2 heterocycles. The van der Waals surface area contributed by atoms with Crippen LogP contribution in [0.4, 0.5) is 5.69 Å². The van der Waals surface area contributed by atoms with Crippen LogP contribution in [0.1, 0.15) is 31.2 Å². The number of hydrogen-bond donors (Lipinski definition) is 0. The lowest BCUT2D eigenvalue weighted by atomic mass is 9.97. The van der Waals surface area contributed by atoms with E-state index in [-0.39, 0.29) is 30.0 Å². The molecule has 0 N–H and O–H groups in total. The van der Waals surface area contributed by atoms with Crippen LogP contribution in [0.25, 0.3) is 0 Å². The summed E-state index contributed by atoms with van der Waals surface area (Å²) in [7, 11) is 0. The Kier molecular flexibility index (Phi) is 5.53. The van der Waals surface area contributed by atoms with Gasteiger partial charge < -0.3 is 9.64 Å². The maximum Gasteiger partial charge on any atom is 0.312 e. The van der Waals surface area contributed by atoms with Crippen molar-refractivity contribution in [2.45, 2.75) is 40.2 Å². The Bertz CT molecular complexity index is 647. The molecule has 0 atom stereocenters. The van der Waals surface area contributed by atoms with Gasteiger partial charge in [-0.3, -0.25) is 24.4 Å². The zero-order chi connectivity index (χ0) is 17.9. The molecule has 0 unspecified atom stereocenters. The predicted octanol–water partition coefficient (Wildman–Crippen LogP) is 1.21. The van der Waals surface area contributed by atoms with Crippen molar-refractivity contribution in [2.75, 3.05) is 19.7 Å². The number of piperidine rings is 1. The molecular weight excluding hydrogens is 316 g/mol. The summed E-state index contributed by atoms with van der Waals surface area (Å²) < 4.78 is 6.37. The van der Waals surface area contributed by atoms with Crippen LogP contribution in [0.15, 0.2) is 0 Å². The first kappa shape index (κ1) is 17.9. The Morgan fingerprint density at radius 2 is 1.96 bits per heavy atom. The molecule has 1 amide bonds. The van der Waals surface area contributed by atoms with Crippen LogP contribution in [-0.2, 0) is 20.9 Å². The summed E-state index contributed by atoms with van der Waals surface area (Å²) in [4.78, 5) is 36.3. The Balaban J connectivity index is 1.96. The molecule has 0 aliphatic carbocycles. The van der Waals surface area contributed by atoms with Gasteiger partial charge in [-0.25, -0.2) is 0 Å². The molecule has 9 heteroatoms. The number of hydrogen-bond acceptors (Lipinski definition) is 6. The first-order valence-electron chi connectivity index (χ1n) is 7.98. The molecule has 1 saturated heterocycles. The second-order valence-electron chi connectivity index (χ2n) is 5.84. The van der Waals surface area contributed by atoms with Gasteiger partial charge in [0, 0.05) is 13.1 Å². The average Bonchev–Trinajstić information content (AvgIpc) is 2.81. The first-order chi connectivity index (χ1) is 11.3. The van der Waals surface area contributed by atoms with Gasteiger partial charge in [0.15, 0.2) is 0 Å². The normalized spacial score (nSPS) is 15.4. The van der Waals surface area contributed by atoms with Crippen LogP contribution in [0.2, 0.25) is 0 Å². The largest absolute Gasteiger partial charge is 0.466 e. The van der Waals surface area contributed by atoms with Crippen LogP contribution >= 0.6 is 0 Å². The number of esters is 1. The predicted molar refractivity (Wildman–Crippen MR) is 84.3 cm³/mol. The molecule has 1 aliphatic rings. The molecule has 9 nitrogen and oxygen atoms in total. The summed E-state index contributed by atoms with van der Waals surface area (Å²) in [6, 6.07) is 0. The van der Waals surface area contributed by atoms with Gasteiger partial charge in [0.2, 0.25) is 5.91 Å². The lowest BCUT2D eigenvalue weighted by molar-refractivity contribution is -0.386. The van der Waals surface area contributed by atoms with E-state index in [9.17, 15) is 19.7 Å². The quantitative estimate of drug-likeness (QED) is 0.454. The molecule has 2 rings (SSSR count).